The lowest BCUT2D eigenvalue weighted by molar-refractivity contribution is -0.139. The summed E-state index contributed by atoms with van der Waals surface area (Å²) in [4.78, 5) is 11.3. The Morgan fingerprint density at radius 1 is 1.09 bits per heavy atom. The van der Waals surface area contributed by atoms with Crippen LogP contribution in [0.2, 0.25) is 5.02 Å². The molecule has 2 N–H and O–H groups in total. The van der Waals surface area contributed by atoms with Crippen LogP contribution in [-0.4, -0.2) is 25.5 Å². The molecule has 2 aromatic carbocycles. The molecular weight excluding hydrogens is 338 g/mol. The predicted molar refractivity (Wildman–Crippen MR) is 88.0 cm³/mol. The number of hydrogen-bond donors (Lipinski definition) is 2. The number of carboxylic acid groups (broad SMARTS) is 1. The lowest BCUT2D eigenvalue weighted by Crippen LogP contribution is -2.41. The lowest BCUT2D eigenvalue weighted by atomic mass is 10.1. The second kappa shape index (κ2) is 7.59. The molecule has 0 aliphatic heterocycles. The average molecular weight is 354 g/mol. The molecule has 0 heterocycles. The highest BCUT2D eigenvalue weighted by Gasteiger charge is 2.25. The van der Waals surface area contributed by atoms with Gasteiger partial charge in [0.15, 0.2) is 0 Å². The molecule has 0 aliphatic rings. The summed E-state index contributed by atoms with van der Waals surface area (Å²) in [6.45, 7) is 0. The van der Waals surface area contributed by atoms with Gasteiger partial charge in [-0.1, -0.05) is 41.9 Å². The lowest BCUT2D eigenvalue weighted by Gasteiger charge is -2.15. The Labute approximate surface area is 140 Å². The van der Waals surface area contributed by atoms with E-state index in [2.05, 4.69) is 4.72 Å². The van der Waals surface area contributed by atoms with Gasteiger partial charge in [0, 0.05) is 5.02 Å². The first-order valence-corrected chi connectivity index (χ1v) is 8.79. The second-order valence-corrected chi connectivity index (χ2v) is 7.14. The third kappa shape index (κ3) is 5.06. The van der Waals surface area contributed by atoms with Crippen molar-refractivity contribution in [3.63, 3.8) is 0 Å². The van der Waals surface area contributed by atoms with Gasteiger partial charge in [-0.2, -0.15) is 4.72 Å². The summed E-state index contributed by atoms with van der Waals surface area (Å²) in [6.07, 6.45) is 0.618. The Balaban J connectivity index is 2.09. The number of aryl methyl sites for hydroxylation is 1. The van der Waals surface area contributed by atoms with Gasteiger partial charge in [-0.25, -0.2) is 8.42 Å². The van der Waals surface area contributed by atoms with Crippen molar-refractivity contribution >= 4 is 27.6 Å². The quantitative estimate of drug-likeness (QED) is 0.801. The van der Waals surface area contributed by atoms with Gasteiger partial charge in [-0.15, -0.1) is 0 Å². The minimum atomic E-state index is -3.92. The van der Waals surface area contributed by atoms with E-state index in [1.807, 2.05) is 30.3 Å². The highest BCUT2D eigenvalue weighted by molar-refractivity contribution is 7.89. The summed E-state index contributed by atoms with van der Waals surface area (Å²) in [6, 6.07) is 13.6. The predicted octanol–water partition coefficient (Wildman–Crippen LogP) is 2.70. The molecule has 0 fully saturated rings. The van der Waals surface area contributed by atoms with Crippen LogP contribution in [0.15, 0.2) is 59.5 Å². The summed E-state index contributed by atoms with van der Waals surface area (Å²) in [5, 5.41) is 9.66. The van der Waals surface area contributed by atoms with Crippen molar-refractivity contribution in [1.29, 1.82) is 0 Å². The van der Waals surface area contributed by atoms with Crippen molar-refractivity contribution in [1.82, 2.24) is 4.72 Å². The van der Waals surface area contributed by atoms with E-state index in [1.54, 1.807) is 0 Å². The zero-order chi connectivity index (χ0) is 16.9. The van der Waals surface area contributed by atoms with E-state index in [1.165, 1.54) is 24.3 Å². The van der Waals surface area contributed by atoms with Gasteiger partial charge in [0.05, 0.1) is 4.90 Å². The molecule has 0 amide bonds. The average Bonchev–Trinajstić information content (AvgIpc) is 2.52. The van der Waals surface area contributed by atoms with E-state index in [4.69, 9.17) is 11.6 Å². The Morgan fingerprint density at radius 3 is 2.26 bits per heavy atom. The first-order valence-electron chi connectivity index (χ1n) is 6.93. The van der Waals surface area contributed by atoms with Gasteiger partial charge in [-0.05, 0) is 42.7 Å². The maximum absolute atomic E-state index is 12.3. The largest absolute Gasteiger partial charge is 0.480 e. The molecular formula is C16H16ClNO4S. The van der Waals surface area contributed by atoms with Gasteiger partial charge >= 0.3 is 5.97 Å². The number of benzene rings is 2. The smallest absolute Gasteiger partial charge is 0.321 e. The van der Waals surface area contributed by atoms with Crippen LogP contribution in [0.5, 0.6) is 0 Å². The molecule has 5 nitrogen and oxygen atoms in total. The third-order valence-corrected chi connectivity index (χ3v) is 5.02. The van der Waals surface area contributed by atoms with Crippen molar-refractivity contribution in [3.8, 4) is 0 Å². The van der Waals surface area contributed by atoms with E-state index in [9.17, 15) is 18.3 Å². The van der Waals surface area contributed by atoms with E-state index in [0.717, 1.165) is 5.56 Å². The fourth-order valence-electron chi connectivity index (χ4n) is 2.06. The van der Waals surface area contributed by atoms with Crippen LogP contribution in [-0.2, 0) is 21.2 Å². The number of aliphatic carboxylic acids is 1. The maximum atomic E-state index is 12.3. The molecule has 7 heteroatoms. The second-order valence-electron chi connectivity index (χ2n) is 4.99. The highest BCUT2D eigenvalue weighted by atomic mass is 35.5. The molecule has 2 rings (SSSR count). The van der Waals surface area contributed by atoms with E-state index < -0.39 is 22.0 Å². The van der Waals surface area contributed by atoms with Gasteiger partial charge < -0.3 is 5.11 Å². The molecule has 0 saturated heterocycles. The summed E-state index contributed by atoms with van der Waals surface area (Å²) < 4.78 is 26.7. The van der Waals surface area contributed by atoms with Crippen LogP contribution in [0, 0.1) is 0 Å². The number of carboxylic acids is 1. The molecule has 0 aromatic heterocycles. The summed E-state index contributed by atoms with van der Waals surface area (Å²) >= 11 is 5.73. The van der Waals surface area contributed by atoms with Crippen LogP contribution >= 0.6 is 11.6 Å². The fourth-order valence-corrected chi connectivity index (χ4v) is 3.41. The summed E-state index contributed by atoms with van der Waals surface area (Å²) in [7, 11) is -3.92. The fraction of sp³-hybridized carbons (Fsp3) is 0.188. The van der Waals surface area contributed by atoms with Crippen molar-refractivity contribution in [2.75, 3.05) is 0 Å². The van der Waals surface area contributed by atoms with Crippen molar-refractivity contribution in [3.05, 3.63) is 65.2 Å². The SMILES string of the molecule is O=C(O)C(CCc1ccccc1)NS(=O)(=O)c1ccc(Cl)cc1. The standard InChI is InChI=1S/C16H16ClNO4S/c17-13-7-9-14(10-8-13)23(21,22)18-15(16(19)20)11-6-12-4-2-1-3-5-12/h1-5,7-10,15,18H,6,11H2,(H,19,20). The molecule has 2 aromatic rings. The number of hydrogen-bond acceptors (Lipinski definition) is 3. The van der Waals surface area contributed by atoms with Crippen molar-refractivity contribution in [2.24, 2.45) is 0 Å². The molecule has 0 radical (unpaired) electrons. The van der Waals surface area contributed by atoms with Gasteiger partial charge in [0.1, 0.15) is 6.04 Å². The third-order valence-electron chi connectivity index (χ3n) is 3.28. The van der Waals surface area contributed by atoms with Crippen molar-refractivity contribution in [2.45, 2.75) is 23.8 Å². The zero-order valence-electron chi connectivity index (χ0n) is 12.1. The number of rotatable bonds is 7. The minimum absolute atomic E-state index is 0.0205. The molecule has 0 saturated carbocycles. The topological polar surface area (TPSA) is 83.5 Å². The highest BCUT2D eigenvalue weighted by Crippen LogP contribution is 2.15. The Bertz CT molecular complexity index is 760. The molecule has 23 heavy (non-hydrogen) atoms. The van der Waals surface area contributed by atoms with Crippen LogP contribution < -0.4 is 4.72 Å². The number of nitrogens with one attached hydrogen (secondary N) is 1. The van der Waals surface area contributed by atoms with E-state index in [0.29, 0.717) is 11.4 Å². The van der Waals surface area contributed by atoms with Crippen LogP contribution in [0.1, 0.15) is 12.0 Å². The molecule has 122 valence electrons. The van der Waals surface area contributed by atoms with Crippen molar-refractivity contribution < 1.29 is 18.3 Å². The molecule has 1 atom stereocenters. The van der Waals surface area contributed by atoms with E-state index >= 15 is 0 Å². The normalized spacial score (nSPS) is 12.7. The zero-order valence-corrected chi connectivity index (χ0v) is 13.7. The minimum Gasteiger partial charge on any atom is -0.480 e. The summed E-state index contributed by atoms with van der Waals surface area (Å²) in [5.41, 5.74) is 0.949. The van der Waals surface area contributed by atoms with Gasteiger partial charge in [0.25, 0.3) is 0 Å². The summed E-state index contributed by atoms with van der Waals surface area (Å²) in [5.74, 6) is -1.21. The van der Waals surface area contributed by atoms with Gasteiger partial charge in [0.2, 0.25) is 10.0 Å². The maximum Gasteiger partial charge on any atom is 0.321 e. The van der Waals surface area contributed by atoms with Crippen LogP contribution in [0.4, 0.5) is 0 Å². The molecule has 0 spiro atoms. The number of halogens is 1. The Hall–Kier alpha value is -1.89. The van der Waals surface area contributed by atoms with E-state index in [-0.39, 0.29) is 11.3 Å². The van der Waals surface area contributed by atoms with Crippen LogP contribution in [0.25, 0.3) is 0 Å². The van der Waals surface area contributed by atoms with Gasteiger partial charge in [-0.3, -0.25) is 4.79 Å². The number of carbonyl (C=O) groups is 1. The monoisotopic (exact) mass is 353 g/mol. The molecule has 0 bridgehead atoms. The first-order chi connectivity index (χ1) is 10.9. The molecule has 1 unspecified atom stereocenters. The molecule has 0 aliphatic carbocycles. The number of sulfonamides is 1. The first kappa shape index (κ1) is 17.5. The Kier molecular flexibility index (Phi) is 5.76. The Morgan fingerprint density at radius 2 is 1.70 bits per heavy atom. The van der Waals surface area contributed by atoms with Crippen LogP contribution in [0.3, 0.4) is 0 Å².